The SMILES string of the molecule is C[C@H](O)C(=O)N1CCN(Cc2csc3c(-c4cccc5c4C=NC5)nc(N4CCOCC4)nc23)CC1. The molecule has 2 fully saturated rings. The zero-order chi connectivity index (χ0) is 24.6. The number of hydrogen-bond donors (Lipinski definition) is 1. The number of fused-ring (bicyclic) bond motifs is 2. The van der Waals surface area contributed by atoms with Crippen molar-refractivity contribution in [3.63, 3.8) is 0 Å². The summed E-state index contributed by atoms with van der Waals surface area (Å²) in [6, 6.07) is 6.36. The molecule has 6 rings (SSSR count). The van der Waals surface area contributed by atoms with Crippen LogP contribution in [-0.4, -0.2) is 95.6 Å². The van der Waals surface area contributed by atoms with Crippen LogP contribution < -0.4 is 4.90 Å². The van der Waals surface area contributed by atoms with E-state index >= 15 is 0 Å². The molecule has 1 aromatic carbocycles. The summed E-state index contributed by atoms with van der Waals surface area (Å²) < 4.78 is 6.67. The molecule has 1 N–H and O–H groups in total. The maximum absolute atomic E-state index is 12.2. The van der Waals surface area contributed by atoms with Gasteiger partial charge in [0.1, 0.15) is 6.10 Å². The third-order valence-electron chi connectivity index (χ3n) is 7.14. The number of aliphatic hydroxyl groups is 1. The van der Waals surface area contributed by atoms with Crippen molar-refractivity contribution in [1.82, 2.24) is 19.8 Å². The zero-order valence-electron chi connectivity index (χ0n) is 20.4. The van der Waals surface area contributed by atoms with E-state index in [2.05, 4.69) is 38.4 Å². The second kappa shape index (κ2) is 9.85. The number of carbonyl (C=O) groups is 1. The van der Waals surface area contributed by atoms with Gasteiger partial charge in [0, 0.05) is 68.7 Å². The van der Waals surface area contributed by atoms with E-state index in [1.54, 1.807) is 16.2 Å². The molecule has 10 heteroatoms. The van der Waals surface area contributed by atoms with Gasteiger partial charge in [0.15, 0.2) is 0 Å². The molecule has 0 unspecified atom stereocenters. The molecule has 3 aliphatic heterocycles. The summed E-state index contributed by atoms with van der Waals surface area (Å²) >= 11 is 1.70. The van der Waals surface area contributed by atoms with Crippen LogP contribution in [0.4, 0.5) is 5.95 Å². The molecular formula is C26H30N6O3S. The predicted octanol–water partition coefficient (Wildman–Crippen LogP) is 2.15. The number of benzene rings is 1. The minimum Gasteiger partial charge on any atom is -0.384 e. The lowest BCUT2D eigenvalue weighted by molar-refractivity contribution is -0.141. The van der Waals surface area contributed by atoms with Gasteiger partial charge in [-0.05, 0) is 17.9 Å². The second-order valence-corrected chi connectivity index (χ2v) is 10.4. The van der Waals surface area contributed by atoms with Crippen molar-refractivity contribution in [2.24, 2.45) is 4.99 Å². The number of aliphatic hydroxyl groups excluding tert-OH is 1. The van der Waals surface area contributed by atoms with E-state index in [1.807, 2.05) is 6.21 Å². The van der Waals surface area contributed by atoms with Crippen molar-refractivity contribution in [1.29, 1.82) is 0 Å². The molecule has 9 nitrogen and oxygen atoms in total. The number of piperazine rings is 1. The molecule has 5 heterocycles. The van der Waals surface area contributed by atoms with Crippen molar-refractivity contribution in [2.75, 3.05) is 57.4 Å². The number of ether oxygens (including phenoxy) is 1. The summed E-state index contributed by atoms with van der Waals surface area (Å²) in [7, 11) is 0. The fourth-order valence-corrected chi connectivity index (χ4v) is 6.13. The number of rotatable bonds is 5. The highest BCUT2D eigenvalue weighted by Crippen LogP contribution is 2.38. The molecule has 0 radical (unpaired) electrons. The van der Waals surface area contributed by atoms with Gasteiger partial charge in [0.2, 0.25) is 5.95 Å². The fraction of sp³-hybridized carbons (Fsp3) is 0.462. The molecule has 0 aliphatic carbocycles. The van der Waals surface area contributed by atoms with Crippen molar-refractivity contribution >= 4 is 39.6 Å². The average Bonchev–Trinajstić information content (AvgIpc) is 3.56. The number of hydrogen-bond acceptors (Lipinski definition) is 9. The van der Waals surface area contributed by atoms with E-state index in [4.69, 9.17) is 14.7 Å². The highest BCUT2D eigenvalue weighted by molar-refractivity contribution is 7.17. The largest absolute Gasteiger partial charge is 0.384 e. The Hall–Kier alpha value is -2.92. The summed E-state index contributed by atoms with van der Waals surface area (Å²) in [4.78, 5) is 33.2. The Morgan fingerprint density at radius 1 is 1.14 bits per heavy atom. The number of nitrogens with zero attached hydrogens (tertiary/aromatic N) is 6. The van der Waals surface area contributed by atoms with Gasteiger partial charge in [-0.3, -0.25) is 14.7 Å². The van der Waals surface area contributed by atoms with E-state index < -0.39 is 6.10 Å². The maximum Gasteiger partial charge on any atom is 0.251 e. The lowest BCUT2D eigenvalue weighted by Crippen LogP contribution is -2.50. The molecule has 0 saturated carbocycles. The maximum atomic E-state index is 12.2. The van der Waals surface area contributed by atoms with Gasteiger partial charge in [-0.25, -0.2) is 9.97 Å². The molecule has 0 spiro atoms. The van der Waals surface area contributed by atoms with Crippen LogP contribution >= 0.6 is 11.3 Å². The van der Waals surface area contributed by atoms with Gasteiger partial charge < -0.3 is 19.6 Å². The van der Waals surface area contributed by atoms with E-state index in [9.17, 15) is 9.90 Å². The van der Waals surface area contributed by atoms with Crippen LogP contribution in [-0.2, 0) is 22.6 Å². The Kier molecular flexibility index (Phi) is 6.43. The average molecular weight is 507 g/mol. The molecule has 1 atom stereocenters. The first-order chi connectivity index (χ1) is 17.6. The van der Waals surface area contributed by atoms with Crippen LogP contribution in [0.5, 0.6) is 0 Å². The quantitative estimate of drug-likeness (QED) is 0.567. The summed E-state index contributed by atoms with van der Waals surface area (Å²) in [5.41, 5.74) is 6.64. The Labute approximate surface area is 214 Å². The molecule has 2 saturated heterocycles. The first-order valence-corrected chi connectivity index (χ1v) is 13.4. The summed E-state index contributed by atoms with van der Waals surface area (Å²) in [5, 5.41) is 11.8. The van der Waals surface area contributed by atoms with Gasteiger partial charge in [-0.1, -0.05) is 18.2 Å². The van der Waals surface area contributed by atoms with Gasteiger partial charge in [0.05, 0.1) is 35.7 Å². The number of aromatic nitrogens is 2. The molecule has 36 heavy (non-hydrogen) atoms. The topological polar surface area (TPSA) is 94.4 Å². The van der Waals surface area contributed by atoms with Crippen LogP contribution in [0.1, 0.15) is 23.6 Å². The van der Waals surface area contributed by atoms with Gasteiger partial charge in [-0.15, -0.1) is 11.3 Å². The highest BCUT2D eigenvalue weighted by Gasteiger charge is 2.26. The Morgan fingerprint density at radius 2 is 1.94 bits per heavy atom. The Balaban J connectivity index is 1.35. The minimum absolute atomic E-state index is 0.192. The smallest absolute Gasteiger partial charge is 0.251 e. The lowest BCUT2D eigenvalue weighted by atomic mass is 10.0. The monoisotopic (exact) mass is 506 g/mol. The summed E-state index contributed by atoms with van der Waals surface area (Å²) in [6.45, 7) is 8.71. The first-order valence-electron chi connectivity index (χ1n) is 12.5. The summed E-state index contributed by atoms with van der Waals surface area (Å²) in [5.74, 6) is 0.558. The van der Waals surface area contributed by atoms with E-state index in [0.717, 1.165) is 65.7 Å². The minimum atomic E-state index is -0.949. The molecule has 3 aromatic rings. The fourth-order valence-electron chi connectivity index (χ4n) is 5.13. The molecule has 3 aliphatic rings. The van der Waals surface area contributed by atoms with E-state index in [0.29, 0.717) is 32.8 Å². The molecular weight excluding hydrogens is 476 g/mol. The van der Waals surface area contributed by atoms with Gasteiger partial charge in [-0.2, -0.15) is 0 Å². The van der Waals surface area contributed by atoms with Crippen LogP contribution in [0.15, 0.2) is 28.6 Å². The van der Waals surface area contributed by atoms with E-state index in [-0.39, 0.29) is 5.91 Å². The molecule has 2 aromatic heterocycles. The molecule has 0 bridgehead atoms. The third-order valence-corrected chi connectivity index (χ3v) is 8.16. The normalized spacial score (nSPS) is 19.2. The van der Waals surface area contributed by atoms with Crippen molar-refractivity contribution in [3.8, 4) is 11.3 Å². The first kappa shape index (κ1) is 23.5. The van der Waals surface area contributed by atoms with Gasteiger partial charge >= 0.3 is 0 Å². The predicted molar refractivity (Wildman–Crippen MR) is 141 cm³/mol. The Bertz CT molecular complexity index is 1310. The standard InChI is InChI=1S/C26H30N6O3S/c1-17(33)25(34)31-7-5-30(6-8-31)15-19-16-36-24-22(19)28-26(32-9-11-35-12-10-32)29-23(24)20-4-2-3-18-13-27-14-21(18)20/h2-4,14,16-17,33H,5-13,15H2,1H3/t17-/m0/s1. The van der Waals surface area contributed by atoms with Crippen molar-refractivity contribution < 1.29 is 14.6 Å². The van der Waals surface area contributed by atoms with Crippen LogP contribution in [0, 0.1) is 0 Å². The van der Waals surface area contributed by atoms with Crippen LogP contribution in [0.25, 0.3) is 21.5 Å². The number of aliphatic imine (C=N–C) groups is 1. The number of anilines is 1. The lowest BCUT2D eigenvalue weighted by Gasteiger charge is -2.35. The van der Waals surface area contributed by atoms with Gasteiger partial charge in [0.25, 0.3) is 5.91 Å². The van der Waals surface area contributed by atoms with Crippen LogP contribution in [0.3, 0.4) is 0 Å². The number of carbonyl (C=O) groups excluding carboxylic acids is 1. The summed E-state index contributed by atoms with van der Waals surface area (Å²) in [6.07, 6.45) is 1.02. The zero-order valence-corrected chi connectivity index (χ0v) is 21.2. The van der Waals surface area contributed by atoms with Crippen LogP contribution in [0.2, 0.25) is 0 Å². The number of morpholine rings is 1. The second-order valence-electron chi connectivity index (χ2n) is 9.54. The third kappa shape index (κ3) is 4.39. The number of thiophene rings is 1. The molecule has 188 valence electrons. The number of amides is 1. The van der Waals surface area contributed by atoms with E-state index in [1.165, 1.54) is 18.1 Å². The van der Waals surface area contributed by atoms with Crippen molar-refractivity contribution in [2.45, 2.75) is 26.1 Å². The highest BCUT2D eigenvalue weighted by atomic mass is 32.1. The molecule has 1 amide bonds. The van der Waals surface area contributed by atoms with Crippen molar-refractivity contribution in [3.05, 3.63) is 40.3 Å². The Morgan fingerprint density at radius 3 is 2.72 bits per heavy atom.